The Morgan fingerprint density at radius 1 is 1.21 bits per heavy atom. The van der Waals surface area contributed by atoms with E-state index in [4.69, 9.17) is 9.72 Å². The van der Waals surface area contributed by atoms with Crippen LogP contribution in [0.1, 0.15) is 59.2 Å². The number of hydrogen-bond acceptors (Lipinski definition) is 6. The third-order valence-electron chi connectivity index (χ3n) is 7.71. The number of anilines is 1. The molecule has 2 N–H and O–H groups in total. The van der Waals surface area contributed by atoms with Crippen LogP contribution in [0.25, 0.3) is 11.0 Å². The third-order valence-corrected chi connectivity index (χ3v) is 9.63. The Hall–Kier alpha value is -2.21. The first-order valence-electron chi connectivity index (χ1n) is 13.7. The lowest BCUT2D eigenvalue weighted by Gasteiger charge is -2.34. The fraction of sp³-hybridized carbons (Fsp3) is 0.704. The minimum Gasteiger partial charge on any atom is -0.394 e. The molecule has 4 rings (SSSR count). The van der Waals surface area contributed by atoms with Gasteiger partial charge in [0, 0.05) is 57.3 Å². The number of aromatic nitrogens is 2. The number of nitrogens with zero attached hydrogens (tertiary/aromatic N) is 4. The lowest BCUT2D eigenvalue weighted by molar-refractivity contribution is -0.127. The van der Waals surface area contributed by atoms with Gasteiger partial charge >= 0.3 is 10.2 Å². The van der Waals surface area contributed by atoms with E-state index in [0.29, 0.717) is 24.4 Å². The number of nitrogens with one attached hydrogen (secondary N) is 1. The summed E-state index contributed by atoms with van der Waals surface area (Å²) in [6, 6.07) is 5.38. The van der Waals surface area contributed by atoms with Crippen molar-refractivity contribution in [3.8, 4) is 0 Å². The lowest BCUT2D eigenvalue weighted by atomic mass is 9.94. The molecule has 1 atom stereocenters. The fourth-order valence-corrected chi connectivity index (χ4v) is 6.72. The first-order chi connectivity index (χ1) is 17.9. The summed E-state index contributed by atoms with van der Waals surface area (Å²) in [4.78, 5) is 17.4. The van der Waals surface area contributed by atoms with Gasteiger partial charge in [-0.3, -0.25) is 9.10 Å². The number of rotatable bonds is 8. The molecule has 10 nitrogen and oxygen atoms in total. The molecule has 0 bridgehead atoms. The van der Waals surface area contributed by atoms with E-state index in [1.165, 1.54) is 8.61 Å². The normalized spacial score (nSPS) is 19.5. The van der Waals surface area contributed by atoms with Crippen LogP contribution >= 0.6 is 0 Å². The second-order valence-corrected chi connectivity index (χ2v) is 13.7. The lowest BCUT2D eigenvalue weighted by Crippen LogP contribution is -2.49. The number of imidazole rings is 1. The molecule has 2 saturated heterocycles. The number of piperidine rings is 1. The Labute approximate surface area is 226 Å². The van der Waals surface area contributed by atoms with Gasteiger partial charge in [0.05, 0.1) is 23.3 Å². The van der Waals surface area contributed by atoms with Crippen molar-refractivity contribution < 1.29 is 23.1 Å². The van der Waals surface area contributed by atoms with Crippen molar-refractivity contribution in [2.75, 3.05) is 44.3 Å². The Morgan fingerprint density at radius 3 is 2.47 bits per heavy atom. The van der Waals surface area contributed by atoms with Crippen LogP contribution in [0.3, 0.4) is 0 Å². The van der Waals surface area contributed by atoms with E-state index >= 15 is 0 Å². The monoisotopic (exact) mass is 549 g/mol. The summed E-state index contributed by atoms with van der Waals surface area (Å²) in [5.41, 5.74) is 2.20. The predicted molar refractivity (Wildman–Crippen MR) is 148 cm³/mol. The topological polar surface area (TPSA) is 117 Å². The van der Waals surface area contributed by atoms with Gasteiger partial charge in [-0.2, -0.15) is 12.7 Å². The first kappa shape index (κ1) is 28.8. The summed E-state index contributed by atoms with van der Waals surface area (Å²) in [6.07, 6.45) is 2.95. The highest BCUT2D eigenvalue weighted by molar-refractivity contribution is 7.90. The van der Waals surface area contributed by atoms with Crippen LogP contribution in [-0.4, -0.2) is 79.3 Å². The van der Waals surface area contributed by atoms with Gasteiger partial charge in [0.2, 0.25) is 5.91 Å². The maximum absolute atomic E-state index is 13.5. The molecule has 2 fully saturated rings. The summed E-state index contributed by atoms with van der Waals surface area (Å²) in [5, 5.41) is 12.0. The van der Waals surface area contributed by atoms with Gasteiger partial charge in [-0.25, -0.2) is 4.98 Å². The zero-order valence-electron chi connectivity index (χ0n) is 23.3. The molecule has 0 saturated carbocycles. The molecule has 3 heterocycles. The quantitative estimate of drug-likeness (QED) is 0.523. The molecule has 1 aromatic carbocycles. The van der Waals surface area contributed by atoms with Gasteiger partial charge in [0.1, 0.15) is 5.82 Å². The van der Waals surface area contributed by atoms with Crippen molar-refractivity contribution in [2.24, 2.45) is 11.8 Å². The van der Waals surface area contributed by atoms with Gasteiger partial charge < -0.3 is 19.7 Å². The molecule has 11 heteroatoms. The van der Waals surface area contributed by atoms with Gasteiger partial charge in [0.15, 0.2) is 0 Å². The summed E-state index contributed by atoms with van der Waals surface area (Å²) >= 11 is 0. The number of aliphatic hydroxyl groups excluding tert-OH is 1. The molecule has 1 aromatic heterocycles. The first-order valence-corrected chi connectivity index (χ1v) is 15.0. The van der Waals surface area contributed by atoms with E-state index in [2.05, 4.69) is 30.7 Å². The highest BCUT2D eigenvalue weighted by Gasteiger charge is 2.34. The van der Waals surface area contributed by atoms with Crippen molar-refractivity contribution >= 4 is 32.8 Å². The number of amides is 1. The van der Waals surface area contributed by atoms with E-state index < -0.39 is 10.2 Å². The Kier molecular flexibility index (Phi) is 8.71. The van der Waals surface area contributed by atoms with Gasteiger partial charge in [0.25, 0.3) is 0 Å². The van der Waals surface area contributed by atoms with Crippen molar-refractivity contribution in [3.05, 3.63) is 24.0 Å². The minimum atomic E-state index is -3.77. The van der Waals surface area contributed by atoms with Crippen LogP contribution in [0.15, 0.2) is 18.2 Å². The number of carbonyl (C=O) groups is 1. The Bertz CT molecular complexity index is 1220. The van der Waals surface area contributed by atoms with Crippen molar-refractivity contribution in [1.82, 2.24) is 19.2 Å². The molecule has 1 unspecified atom stereocenters. The molecule has 1 amide bonds. The second kappa shape index (κ2) is 11.5. The van der Waals surface area contributed by atoms with Gasteiger partial charge in [-0.1, -0.05) is 20.8 Å². The third kappa shape index (κ3) is 6.16. The maximum atomic E-state index is 13.5. The molecule has 38 heavy (non-hydrogen) atoms. The van der Waals surface area contributed by atoms with Crippen molar-refractivity contribution in [2.45, 2.75) is 71.4 Å². The smallest absolute Gasteiger partial charge is 0.303 e. The number of fused-ring (bicyclic) bond motifs is 1. The summed E-state index contributed by atoms with van der Waals surface area (Å²) in [5.74, 6) is 1.14. The van der Waals surface area contributed by atoms with Gasteiger partial charge in [-0.05, 0) is 56.7 Å². The van der Waals surface area contributed by atoms with E-state index in [0.717, 1.165) is 49.5 Å². The number of carbonyl (C=O) groups excluding carboxylic acids is 1. The predicted octanol–water partition coefficient (Wildman–Crippen LogP) is 2.65. The standard InChI is InChI=1S/C27H43N5O5S/c1-19(18-33)28-25(34)21-8-12-31(13-9-21)38(35,36)30(5)22-6-7-24-23(16-22)29-26(27(2,3)4)32(24)17-20-10-14-37-15-11-20/h6-7,16,19-21,33H,8-15,17-18H2,1-5H3,(H,28,34). The highest BCUT2D eigenvalue weighted by atomic mass is 32.2. The van der Waals surface area contributed by atoms with E-state index in [-0.39, 0.29) is 43.0 Å². The average molecular weight is 550 g/mol. The number of benzene rings is 1. The molecule has 2 aliphatic heterocycles. The van der Waals surface area contributed by atoms with E-state index in [1.807, 2.05) is 18.2 Å². The molecular weight excluding hydrogens is 506 g/mol. The molecule has 0 radical (unpaired) electrons. The highest BCUT2D eigenvalue weighted by Crippen LogP contribution is 2.32. The zero-order chi connectivity index (χ0) is 27.7. The van der Waals surface area contributed by atoms with Crippen molar-refractivity contribution in [1.29, 1.82) is 0 Å². The average Bonchev–Trinajstić information content (AvgIpc) is 3.26. The number of hydrogen-bond donors (Lipinski definition) is 2. The molecule has 0 aliphatic carbocycles. The summed E-state index contributed by atoms with van der Waals surface area (Å²) in [7, 11) is -2.20. The number of aliphatic hydroxyl groups is 1. The molecule has 2 aliphatic rings. The Balaban J connectivity index is 1.52. The van der Waals surface area contributed by atoms with Crippen LogP contribution in [-0.2, 0) is 31.7 Å². The SMILES string of the molecule is CC(CO)NC(=O)C1CCN(S(=O)(=O)N(C)c2ccc3c(c2)nc(C(C)(C)C)n3CC2CCOCC2)CC1. The summed E-state index contributed by atoms with van der Waals surface area (Å²) < 4.78 is 37.6. The molecule has 212 valence electrons. The molecule has 0 spiro atoms. The van der Waals surface area contributed by atoms with Crippen molar-refractivity contribution in [3.63, 3.8) is 0 Å². The maximum Gasteiger partial charge on any atom is 0.303 e. The van der Waals surface area contributed by atoms with Crippen LogP contribution in [0.2, 0.25) is 0 Å². The van der Waals surface area contributed by atoms with E-state index in [9.17, 15) is 18.3 Å². The fourth-order valence-electron chi connectivity index (χ4n) is 5.32. The van der Waals surface area contributed by atoms with Gasteiger partial charge in [-0.15, -0.1) is 0 Å². The molecular formula is C27H43N5O5S. The molecule has 2 aromatic rings. The zero-order valence-corrected chi connectivity index (χ0v) is 24.1. The van der Waals surface area contributed by atoms with Crippen LogP contribution < -0.4 is 9.62 Å². The van der Waals surface area contributed by atoms with Crippen LogP contribution in [0.4, 0.5) is 5.69 Å². The largest absolute Gasteiger partial charge is 0.394 e. The Morgan fingerprint density at radius 2 is 1.87 bits per heavy atom. The number of ether oxygens (including phenoxy) is 1. The minimum absolute atomic E-state index is 0.126. The van der Waals surface area contributed by atoms with Crippen LogP contribution in [0, 0.1) is 11.8 Å². The second-order valence-electron chi connectivity index (χ2n) is 11.8. The summed E-state index contributed by atoms with van der Waals surface area (Å²) in [6.45, 7) is 11.1. The van der Waals surface area contributed by atoms with Crippen LogP contribution in [0.5, 0.6) is 0 Å². The van der Waals surface area contributed by atoms with E-state index in [1.54, 1.807) is 14.0 Å².